The van der Waals surface area contributed by atoms with Crippen molar-refractivity contribution in [2.45, 2.75) is 39.0 Å². The third kappa shape index (κ3) is 2.78. The van der Waals surface area contributed by atoms with Gasteiger partial charge in [-0.25, -0.2) is 4.68 Å². The third-order valence-electron chi connectivity index (χ3n) is 3.06. The minimum atomic E-state index is -0.0140. The fourth-order valence-electron chi connectivity index (χ4n) is 2.20. The topological polar surface area (TPSA) is 47.2 Å². The Hall–Kier alpha value is -1.45. The van der Waals surface area contributed by atoms with E-state index in [0.29, 0.717) is 18.2 Å². The van der Waals surface area contributed by atoms with Crippen molar-refractivity contribution in [1.29, 1.82) is 0 Å². The zero-order chi connectivity index (χ0) is 11.4. The summed E-state index contributed by atoms with van der Waals surface area (Å²) >= 11 is 0. The Balaban J connectivity index is 1.92. The first kappa shape index (κ1) is 11.0. The molecule has 1 aliphatic rings. The lowest BCUT2D eigenvalue weighted by Crippen LogP contribution is -2.12. The standard InChI is InChI=1S/C12H17N3O/c1-10(15-8-4-7-13-15)14-12(16)9-11-5-2-3-6-11/h4,7-8,11H,2-3,5-6,9H2,1H3/b14-10+. The maximum absolute atomic E-state index is 11.7. The van der Waals surface area contributed by atoms with E-state index in [1.165, 1.54) is 25.7 Å². The summed E-state index contributed by atoms with van der Waals surface area (Å²) in [4.78, 5) is 15.7. The number of rotatable bonds is 2. The quantitative estimate of drug-likeness (QED) is 0.565. The van der Waals surface area contributed by atoms with Crippen LogP contribution in [0.15, 0.2) is 23.5 Å². The first-order valence-electron chi connectivity index (χ1n) is 5.84. The molecule has 4 heteroatoms. The highest BCUT2D eigenvalue weighted by Crippen LogP contribution is 2.27. The monoisotopic (exact) mass is 219 g/mol. The average Bonchev–Trinajstić information content (AvgIpc) is 2.88. The van der Waals surface area contributed by atoms with Crippen molar-refractivity contribution < 1.29 is 4.79 Å². The molecule has 0 unspecified atom stereocenters. The normalized spacial score (nSPS) is 17.9. The Morgan fingerprint density at radius 1 is 1.50 bits per heavy atom. The van der Waals surface area contributed by atoms with Crippen molar-refractivity contribution in [3.05, 3.63) is 18.5 Å². The van der Waals surface area contributed by atoms with Gasteiger partial charge >= 0.3 is 0 Å². The molecule has 16 heavy (non-hydrogen) atoms. The van der Waals surface area contributed by atoms with Crippen molar-refractivity contribution in [3.63, 3.8) is 0 Å². The van der Waals surface area contributed by atoms with Crippen LogP contribution in [0.5, 0.6) is 0 Å². The number of carbonyl (C=O) groups is 1. The lowest BCUT2D eigenvalue weighted by Gasteiger charge is -2.05. The Labute approximate surface area is 95.4 Å². The Kier molecular flexibility index (Phi) is 3.49. The lowest BCUT2D eigenvalue weighted by molar-refractivity contribution is -0.118. The fraction of sp³-hybridized carbons (Fsp3) is 0.583. The number of amides is 1. The van der Waals surface area contributed by atoms with E-state index in [2.05, 4.69) is 10.1 Å². The van der Waals surface area contributed by atoms with E-state index >= 15 is 0 Å². The molecule has 0 radical (unpaired) electrons. The molecule has 1 aromatic rings. The highest BCUT2D eigenvalue weighted by Gasteiger charge is 2.18. The van der Waals surface area contributed by atoms with Crippen LogP contribution in [0.1, 0.15) is 39.0 Å². The molecule has 1 fully saturated rings. The number of hydrogen-bond donors (Lipinski definition) is 0. The van der Waals surface area contributed by atoms with E-state index in [9.17, 15) is 4.79 Å². The predicted molar refractivity (Wildman–Crippen MR) is 62.3 cm³/mol. The van der Waals surface area contributed by atoms with Crippen LogP contribution in [0.25, 0.3) is 0 Å². The molecule has 1 saturated carbocycles. The Morgan fingerprint density at radius 2 is 2.25 bits per heavy atom. The van der Waals surface area contributed by atoms with Crippen LogP contribution in [0, 0.1) is 5.92 Å². The number of carbonyl (C=O) groups excluding carboxylic acids is 1. The fourth-order valence-corrected chi connectivity index (χ4v) is 2.20. The van der Waals surface area contributed by atoms with Gasteiger partial charge in [0.2, 0.25) is 5.91 Å². The zero-order valence-corrected chi connectivity index (χ0v) is 9.59. The van der Waals surface area contributed by atoms with Crippen molar-refractivity contribution in [1.82, 2.24) is 9.78 Å². The third-order valence-corrected chi connectivity index (χ3v) is 3.06. The second kappa shape index (κ2) is 5.05. The molecule has 1 amide bonds. The van der Waals surface area contributed by atoms with Crippen LogP contribution in [0.2, 0.25) is 0 Å². The van der Waals surface area contributed by atoms with Gasteiger partial charge in [-0.2, -0.15) is 10.1 Å². The van der Waals surface area contributed by atoms with Crippen molar-refractivity contribution in [3.8, 4) is 0 Å². The van der Waals surface area contributed by atoms with Gasteiger partial charge in [0, 0.05) is 18.8 Å². The molecule has 0 aromatic carbocycles. The van der Waals surface area contributed by atoms with Crippen molar-refractivity contribution in [2.75, 3.05) is 0 Å². The minimum Gasteiger partial charge on any atom is -0.273 e. The average molecular weight is 219 g/mol. The molecule has 0 bridgehead atoms. The van der Waals surface area contributed by atoms with Gasteiger partial charge in [0.05, 0.1) is 0 Å². The number of nitrogens with zero attached hydrogens (tertiary/aromatic N) is 3. The van der Waals surface area contributed by atoms with Gasteiger partial charge in [0.15, 0.2) is 0 Å². The highest BCUT2D eigenvalue weighted by atomic mass is 16.1. The maximum atomic E-state index is 11.7. The molecule has 1 aromatic heterocycles. The van der Waals surface area contributed by atoms with Crippen LogP contribution in [0.3, 0.4) is 0 Å². The maximum Gasteiger partial charge on any atom is 0.247 e. The zero-order valence-electron chi connectivity index (χ0n) is 9.59. The van der Waals surface area contributed by atoms with Crippen molar-refractivity contribution >= 4 is 11.7 Å². The molecular formula is C12H17N3O. The Bertz CT molecular complexity index is 375. The van der Waals surface area contributed by atoms with Crippen LogP contribution in [-0.4, -0.2) is 21.5 Å². The molecule has 86 valence electrons. The largest absolute Gasteiger partial charge is 0.273 e. The smallest absolute Gasteiger partial charge is 0.247 e. The molecule has 1 heterocycles. The van der Waals surface area contributed by atoms with Crippen LogP contribution in [0.4, 0.5) is 0 Å². The summed E-state index contributed by atoms with van der Waals surface area (Å²) in [7, 11) is 0. The number of aromatic nitrogens is 2. The van der Waals surface area contributed by atoms with Crippen LogP contribution >= 0.6 is 0 Å². The summed E-state index contributed by atoms with van der Waals surface area (Å²) in [5.41, 5.74) is 0. The second-order valence-electron chi connectivity index (χ2n) is 4.36. The Morgan fingerprint density at radius 3 is 2.88 bits per heavy atom. The highest BCUT2D eigenvalue weighted by molar-refractivity contribution is 5.93. The molecule has 4 nitrogen and oxygen atoms in total. The molecule has 1 aliphatic carbocycles. The van der Waals surface area contributed by atoms with E-state index < -0.39 is 0 Å². The first-order chi connectivity index (χ1) is 7.75. The summed E-state index contributed by atoms with van der Waals surface area (Å²) < 4.78 is 1.62. The molecule has 0 atom stereocenters. The summed E-state index contributed by atoms with van der Waals surface area (Å²) in [5.74, 6) is 1.19. The first-order valence-corrected chi connectivity index (χ1v) is 5.84. The van der Waals surface area contributed by atoms with Gasteiger partial charge in [-0.05, 0) is 31.7 Å². The van der Waals surface area contributed by atoms with E-state index in [1.807, 2.05) is 6.07 Å². The molecule has 0 saturated heterocycles. The summed E-state index contributed by atoms with van der Waals surface area (Å²) in [6, 6.07) is 1.82. The van der Waals surface area contributed by atoms with Gasteiger partial charge in [0.25, 0.3) is 0 Å². The van der Waals surface area contributed by atoms with E-state index in [4.69, 9.17) is 0 Å². The molecular weight excluding hydrogens is 202 g/mol. The lowest BCUT2D eigenvalue weighted by atomic mass is 10.0. The summed E-state index contributed by atoms with van der Waals surface area (Å²) in [6.45, 7) is 1.81. The van der Waals surface area contributed by atoms with E-state index in [-0.39, 0.29) is 5.91 Å². The van der Waals surface area contributed by atoms with E-state index in [1.54, 1.807) is 24.0 Å². The minimum absolute atomic E-state index is 0.0140. The van der Waals surface area contributed by atoms with Gasteiger partial charge < -0.3 is 0 Å². The summed E-state index contributed by atoms with van der Waals surface area (Å²) in [5, 5.41) is 4.03. The van der Waals surface area contributed by atoms with Crippen LogP contribution in [-0.2, 0) is 4.79 Å². The number of hydrogen-bond acceptors (Lipinski definition) is 2. The van der Waals surface area contributed by atoms with Crippen LogP contribution < -0.4 is 0 Å². The number of aliphatic imine (C=N–C) groups is 1. The van der Waals surface area contributed by atoms with Gasteiger partial charge in [-0.1, -0.05) is 12.8 Å². The van der Waals surface area contributed by atoms with E-state index in [0.717, 1.165) is 0 Å². The van der Waals surface area contributed by atoms with Gasteiger partial charge in [0.1, 0.15) is 5.84 Å². The second-order valence-corrected chi connectivity index (χ2v) is 4.36. The molecule has 0 aliphatic heterocycles. The SMILES string of the molecule is C/C(=N\C(=O)CC1CCCC1)n1cccn1. The molecule has 2 rings (SSSR count). The summed E-state index contributed by atoms with van der Waals surface area (Å²) in [6.07, 6.45) is 8.96. The predicted octanol–water partition coefficient (Wildman–Crippen LogP) is 2.26. The molecule has 0 spiro atoms. The van der Waals surface area contributed by atoms with Gasteiger partial charge in [-0.3, -0.25) is 4.79 Å². The molecule has 0 N–H and O–H groups in total. The van der Waals surface area contributed by atoms with Gasteiger partial charge in [-0.15, -0.1) is 0 Å². The van der Waals surface area contributed by atoms with Crippen molar-refractivity contribution in [2.24, 2.45) is 10.9 Å².